The maximum Gasteiger partial charge on any atom is 0.328 e. The number of hydrogen-bond donors (Lipinski definition) is 1. The van der Waals surface area contributed by atoms with Gasteiger partial charge >= 0.3 is 5.69 Å². The van der Waals surface area contributed by atoms with Crippen LogP contribution >= 0.6 is 11.6 Å². The van der Waals surface area contributed by atoms with Crippen LogP contribution in [0, 0.1) is 11.6 Å². The fourth-order valence-corrected chi connectivity index (χ4v) is 1.66. The Balaban J connectivity index is 2.43. The molecule has 1 heterocycles. The molecule has 1 aromatic heterocycles. The highest BCUT2D eigenvalue weighted by atomic mass is 35.5. The van der Waals surface area contributed by atoms with E-state index in [1.54, 1.807) is 0 Å². The van der Waals surface area contributed by atoms with Crippen molar-refractivity contribution < 1.29 is 8.78 Å². The van der Waals surface area contributed by atoms with Crippen LogP contribution in [0.15, 0.2) is 34.0 Å². The summed E-state index contributed by atoms with van der Waals surface area (Å²) in [6.45, 7) is -0.0932. The fraction of sp³-hybridized carbons (Fsp3) is 0.0909. The Kier molecular flexibility index (Phi) is 3.29. The van der Waals surface area contributed by atoms with Crippen molar-refractivity contribution in [2.75, 3.05) is 0 Å². The third-order valence-electron chi connectivity index (χ3n) is 2.24. The number of rotatable bonds is 2. The van der Waals surface area contributed by atoms with E-state index in [-0.39, 0.29) is 17.1 Å². The fourth-order valence-electron chi connectivity index (χ4n) is 1.50. The van der Waals surface area contributed by atoms with E-state index in [2.05, 4.69) is 0 Å². The van der Waals surface area contributed by atoms with Crippen molar-refractivity contribution in [3.05, 3.63) is 67.5 Å². The van der Waals surface area contributed by atoms with Gasteiger partial charge in [0.15, 0.2) is 0 Å². The molecule has 0 atom stereocenters. The smallest absolute Gasteiger partial charge is 0.295 e. The lowest BCUT2D eigenvalue weighted by Gasteiger charge is -2.05. The van der Waals surface area contributed by atoms with E-state index in [4.69, 9.17) is 11.6 Å². The van der Waals surface area contributed by atoms with Crippen LogP contribution < -0.4 is 11.2 Å². The van der Waals surface area contributed by atoms with Crippen LogP contribution in [0.2, 0.25) is 5.02 Å². The molecule has 0 saturated carbocycles. The summed E-state index contributed by atoms with van der Waals surface area (Å²) in [6.07, 6.45) is 1.12. The average molecular weight is 273 g/mol. The second-order valence-electron chi connectivity index (χ2n) is 3.64. The highest BCUT2D eigenvalue weighted by Gasteiger charge is 2.05. The van der Waals surface area contributed by atoms with E-state index in [1.165, 1.54) is 0 Å². The first-order valence-corrected chi connectivity index (χ1v) is 5.28. The minimum Gasteiger partial charge on any atom is -0.295 e. The molecule has 4 nitrogen and oxygen atoms in total. The van der Waals surface area contributed by atoms with Gasteiger partial charge in [0, 0.05) is 12.3 Å². The Hall–Kier alpha value is -1.95. The topological polar surface area (TPSA) is 54.9 Å². The molecule has 0 saturated heterocycles. The molecule has 0 aliphatic carbocycles. The molecular weight excluding hydrogens is 266 g/mol. The van der Waals surface area contributed by atoms with Crippen LogP contribution in [0.5, 0.6) is 0 Å². The van der Waals surface area contributed by atoms with Crippen LogP contribution in [-0.2, 0) is 6.54 Å². The SMILES string of the molecule is O=c1[nH]c(=O)n(Cc2cc(F)cc(F)c2)cc1Cl. The summed E-state index contributed by atoms with van der Waals surface area (Å²) in [6, 6.07) is 2.91. The molecule has 0 amide bonds. The summed E-state index contributed by atoms with van der Waals surface area (Å²) in [5.41, 5.74) is -1.16. The number of halogens is 3. The van der Waals surface area contributed by atoms with E-state index in [1.807, 2.05) is 4.98 Å². The molecule has 1 aromatic carbocycles. The Morgan fingerprint density at radius 3 is 2.39 bits per heavy atom. The second-order valence-corrected chi connectivity index (χ2v) is 4.05. The highest BCUT2D eigenvalue weighted by Crippen LogP contribution is 2.09. The van der Waals surface area contributed by atoms with Gasteiger partial charge in [-0.25, -0.2) is 13.6 Å². The van der Waals surface area contributed by atoms with Gasteiger partial charge in [0.25, 0.3) is 5.56 Å². The summed E-state index contributed by atoms with van der Waals surface area (Å²) in [4.78, 5) is 24.4. The van der Waals surface area contributed by atoms with Gasteiger partial charge in [-0.3, -0.25) is 14.3 Å². The largest absolute Gasteiger partial charge is 0.328 e. The first kappa shape index (κ1) is 12.5. The van der Waals surface area contributed by atoms with Crippen molar-refractivity contribution in [1.82, 2.24) is 9.55 Å². The van der Waals surface area contributed by atoms with E-state index < -0.39 is 22.9 Å². The van der Waals surface area contributed by atoms with Crippen LogP contribution in [0.4, 0.5) is 8.78 Å². The molecule has 2 aromatic rings. The van der Waals surface area contributed by atoms with Gasteiger partial charge in [-0.1, -0.05) is 11.6 Å². The zero-order chi connectivity index (χ0) is 13.3. The minimum absolute atomic E-state index is 0.0932. The van der Waals surface area contributed by atoms with Gasteiger partial charge < -0.3 is 0 Å². The van der Waals surface area contributed by atoms with E-state index in [0.29, 0.717) is 0 Å². The molecule has 0 unspecified atom stereocenters. The maximum absolute atomic E-state index is 13.0. The summed E-state index contributed by atoms with van der Waals surface area (Å²) in [5.74, 6) is -1.48. The van der Waals surface area contributed by atoms with Crippen LogP contribution in [0.3, 0.4) is 0 Å². The third-order valence-corrected chi connectivity index (χ3v) is 2.51. The van der Waals surface area contributed by atoms with Gasteiger partial charge in [-0.05, 0) is 17.7 Å². The Labute approximate surface area is 104 Å². The summed E-state index contributed by atoms with van der Waals surface area (Å²) >= 11 is 5.56. The third kappa shape index (κ3) is 2.65. The Bertz CT molecular complexity index is 689. The number of hydrogen-bond acceptors (Lipinski definition) is 2. The minimum atomic E-state index is -0.742. The van der Waals surface area contributed by atoms with Crippen LogP contribution in [0.1, 0.15) is 5.56 Å². The van der Waals surface area contributed by atoms with Gasteiger partial charge in [0.05, 0.1) is 6.54 Å². The Morgan fingerprint density at radius 1 is 1.17 bits per heavy atom. The maximum atomic E-state index is 13.0. The lowest BCUT2D eigenvalue weighted by molar-refractivity contribution is 0.576. The van der Waals surface area contributed by atoms with E-state index in [9.17, 15) is 18.4 Å². The lowest BCUT2D eigenvalue weighted by Crippen LogP contribution is -2.30. The van der Waals surface area contributed by atoms with Gasteiger partial charge in [-0.15, -0.1) is 0 Å². The predicted octanol–water partition coefficient (Wildman–Crippen LogP) is 1.52. The molecule has 18 heavy (non-hydrogen) atoms. The first-order valence-electron chi connectivity index (χ1n) is 4.90. The predicted molar refractivity (Wildman–Crippen MR) is 61.8 cm³/mol. The standard InChI is InChI=1S/C11H7ClF2N2O2/c12-9-5-16(11(18)15-10(9)17)4-6-1-7(13)3-8(14)2-6/h1-3,5H,4H2,(H,15,17,18). The molecule has 0 aliphatic heterocycles. The highest BCUT2D eigenvalue weighted by molar-refractivity contribution is 6.30. The van der Waals surface area contributed by atoms with Gasteiger partial charge in [-0.2, -0.15) is 0 Å². The summed E-state index contributed by atoms with van der Waals surface area (Å²) in [7, 11) is 0. The van der Waals surface area contributed by atoms with E-state index >= 15 is 0 Å². The molecular formula is C11H7ClF2N2O2. The number of benzene rings is 1. The normalized spacial score (nSPS) is 10.6. The molecule has 2 rings (SSSR count). The molecule has 0 aliphatic rings. The lowest BCUT2D eigenvalue weighted by atomic mass is 10.2. The monoisotopic (exact) mass is 272 g/mol. The van der Waals surface area contributed by atoms with Crippen molar-refractivity contribution in [3.8, 4) is 0 Å². The van der Waals surface area contributed by atoms with Crippen LogP contribution in [-0.4, -0.2) is 9.55 Å². The van der Waals surface area contributed by atoms with Crippen molar-refractivity contribution >= 4 is 11.6 Å². The van der Waals surface area contributed by atoms with E-state index in [0.717, 1.165) is 29.0 Å². The van der Waals surface area contributed by atoms with Gasteiger partial charge in [0.1, 0.15) is 16.7 Å². The zero-order valence-corrected chi connectivity index (χ0v) is 9.67. The first-order chi connectivity index (χ1) is 8.45. The molecule has 0 spiro atoms. The van der Waals surface area contributed by atoms with Crippen LogP contribution in [0.25, 0.3) is 0 Å². The molecule has 0 radical (unpaired) electrons. The van der Waals surface area contributed by atoms with Crippen molar-refractivity contribution in [2.45, 2.75) is 6.54 Å². The summed E-state index contributed by atoms with van der Waals surface area (Å²) in [5, 5.41) is -0.175. The number of aromatic nitrogens is 2. The molecule has 0 bridgehead atoms. The average Bonchev–Trinajstić information content (AvgIpc) is 2.24. The molecule has 1 N–H and O–H groups in total. The zero-order valence-electron chi connectivity index (χ0n) is 8.91. The quantitative estimate of drug-likeness (QED) is 0.901. The van der Waals surface area contributed by atoms with Gasteiger partial charge in [0.2, 0.25) is 0 Å². The van der Waals surface area contributed by atoms with Crippen molar-refractivity contribution in [3.63, 3.8) is 0 Å². The second kappa shape index (κ2) is 4.73. The number of aromatic amines is 1. The van der Waals surface area contributed by atoms with Crippen molar-refractivity contribution in [2.24, 2.45) is 0 Å². The molecule has 7 heteroatoms. The number of nitrogens with zero attached hydrogens (tertiary/aromatic N) is 1. The molecule has 0 fully saturated rings. The number of H-pyrrole nitrogens is 1. The molecule has 94 valence electrons. The summed E-state index contributed by atoms with van der Waals surface area (Å²) < 4.78 is 27.0. The van der Waals surface area contributed by atoms with Crippen molar-refractivity contribution in [1.29, 1.82) is 0 Å². The Morgan fingerprint density at radius 2 is 1.78 bits per heavy atom. The number of nitrogens with one attached hydrogen (secondary N) is 1.